The van der Waals surface area contributed by atoms with Gasteiger partial charge in [-0.25, -0.2) is 5.43 Å². The molecule has 0 aromatic heterocycles. The summed E-state index contributed by atoms with van der Waals surface area (Å²) in [5.41, 5.74) is 5.06. The lowest BCUT2D eigenvalue weighted by Crippen LogP contribution is -2.17. The van der Waals surface area contributed by atoms with Gasteiger partial charge in [0.05, 0.1) is 12.3 Å². The molecule has 1 N–H and O–H groups in total. The van der Waals surface area contributed by atoms with Crippen LogP contribution >= 0.6 is 0 Å². The lowest BCUT2D eigenvalue weighted by molar-refractivity contribution is 0.0955. The van der Waals surface area contributed by atoms with E-state index in [4.69, 9.17) is 4.74 Å². The van der Waals surface area contributed by atoms with E-state index in [2.05, 4.69) is 17.5 Å². The van der Waals surface area contributed by atoms with Crippen LogP contribution in [-0.2, 0) is 0 Å². The van der Waals surface area contributed by atoms with E-state index in [1.54, 1.807) is 18.3 Å². The minimum absolute atomic E-state index is 0.131. The van der Waals surface area contributed by atoms with Crippen LogP contribution in [0.3, 0.4) is 0 Å². The Labute approximate surface area is 137 Å². The largest absolute Gasteiger partial charge is 0.490 e. The number of carbonyl (C=O) groups excluding carboxylic acids is 1. The number of benzene rings is 2. The van der Waals surface area contributed by atoms with Gasteiger partial charge >= 0.3 is 0 Å². The molecule has 120 valence electrons. The highest BCUT2D eigenvalue weighted by atomic mass is 16.5. The van der Waals surface area contributed by atoms with Gasteiger partial charge in [0.15, 0.2) is 0 Å². The SMILES string of the molecule is CC[C@H](C)Oc1ccccc1/C=N\NC(=O)c1ccc(C)cc1. The first-order valence-electron chi connectivity index (χ1n) is 7.76. The monoisotopic (exact) mass is 310 g/mol. The summed E-state index contributed by atoms with van der Waals surface area (Å²) >= 11 is 0. The zero-order valence-corrected chi connectivity index (χ0v) is 13.7. The maximum atomic E-state index is 12.0. The van der Waals surface area contributed by atoms with E-state index in [9.17, 15) is 4.79 Å². The number of aryl methyl sites for hydroxylation is 1. The maximum Gasteiger partial charge on any atom is 0.271 e. The molecule has 2 aromatic carbocycles. The maximum absolute atomic E-state index is 12.0. The van der Waals surface area contributed by atoms with Crippen molar-refractivity contribution in [1.82, 2.24) is 5.43 Å². The molecule has 4 heteroatoms. The molecule has 0 unspecified atom stereocenters. The second-order valence-electron chi connectivity index (χ2n) is 5.44. The average Bonchev–Trinajstić information content (AvgIpc) is 2.56. The normalized spacial score (nSPS) is 12.1. The van der Waals surface area contributed by atoms with Crippen LogP contribution in [0.15, 0.2) is 53.6 Å². The Hall–Kier alpha value is -2.62. The van der Waals surface area contributed by atoms with E-state index in [0.717, 1.165) is 23.3 Å². The van der Waals surface area contributed by atoms with Crippen LogP contribution in [0.5, 0.6) is 5.75 Å². The summed E-state index contributed by atoms with van der Waals surface area (Å²) in [5.74, 6) is 0.525. The predicted molar refractivity (Wildman–Crippen MR) is 93.1 cm³/mol. The molecule has 2 aromatic rings. The zero-order chi connectivity index (χ0) is 16.7. The number of hydrogen-bond donors (Lipinski definition) is 1. The molecule has 0 heterocycles. The van der Waals surface area contributed by atoms with Crippen LogP contribution in [-0.4, -0.2) is 18.2 Å². The van der Waals surface area contributed by atoms with Crippen molar-refractivity contribution in [2.24, 2.45) is 5.10 Å². The minimum Gasteiger partial charge on any atom is -0.490 e. The van der Waals surface area contributed by atoms with Crippen LogP contribution in [0.2, 0.25) is 0 Å². The Morgan fingerprint density at radius 3 is 2.61 bits per heavy atom. The Kier molecular flexibility index (Phi) is 5.92. The third-order valence-electron chi connectivity index (χ3n) is 3.51. The molecule has 0 saturated carbocycles. The van der Waals surface area contributed by atoms with Crippen molar-refractivity contribution >= 4 is 12.1 Å². The van der Waals surface area contributed by atoms with E-state index in [-0.39, 0.29) is 12.0 Å². The highest BCUT2D eigenvalue weighted by molar-refractivity contribution is 5.95. The highest BCUT2D eigenvalue weighted by Gasteiger charge is 2.06. The lowest BCUT2D eigenvalue weighted by atomic mass is 10.1. The second-order valence-corrected chi connectivity index (χ2v) is 5.44. The number of hydrazone groups is 1. The summed E-state index contributed by atoms with van der Waals surface area (Å²) in [7, 11) is 0. The number of nitrogens with zero attached hydrogens (tertiary/aromatic N) is 1. The van der Waals surface area contributed by atoms with Crippen molar-refractivity contribution in [1.29, 1.82) is 0 Å². The van der Waals surface area contributed by atoms with Gasteiger partial charge in [0.25, 0.3) is 5.91 Å². The Morgan fingerprint density at radius 1 is 1.22 bits per heavy atom. The number of hydrogen-bond acceptors (Lipinski definition) is 3. The molecular weight excluding hydrogens is 288 g/mol. The molecule has 0 aliphatic heterocycles. The third-order valence-corrected chi connectivity index (χ3v) is 3.51. The van der Waals surface area contributed by atoms with Crippen LogP contribution in [0.1, 0.15) is 41.8 Å². The van der Waals surface area contributed by atoms with E-state index in [1.165, 1.54) is 0 Å². The molecule has 1 atom stereocenters. The second kappa shape index (κ2) is 8.13. The van der Waals surface area contributed by atoms with Crippen molar-refractivity contribution in [3.8, 4) is 5.75 Å². The van der Waals surface area contributed by atoms with Crippen LogP contribution in [0, 0.1) is 6.92 Å². The first-order valence-corrected chi connectivity index (χ1v) is 7.76. The van der Waals surface area contributed by atoms with Gasteiger partial charge < -0.3 is 4.74 Å². The summed E-state index contributed by atoms with van der Waals surface area (Å²) in [6.07, 6.45) is 2.66. The van der Waals surface area contributed by atoms with E-state index in [0.29, 0.717) is 5.56 Å². The zero-order valence-electron chi connectivity index (χ0n) is 13.7. The molecule has 0 radical (unpaired) electrons. The molecule has 0 spiro atoms. The molecular formula is C19H22N2O2. The van der Waals surface area contributed by atoms with Gasteiger partial charge in [-0.2, -0.15) is 5.10 Å². The number of nitrogens with one attached hydrogen (secondary N) is 1. The summed E-state index contributed by atoms with van der Waals surface area (Å²) in [5, 5.41) is 4.03. The van der Waals surface area contributed by atoms with Gasteiger partial charge in [-0.05, 0) is 44.5 Å². The Bertz CT molecular complexity index is 678. The lowest BCUT2D eigenvalue weighted by Gasteiger charge is -2.14. The van der Waals surface area contributed by atoms with Crippen molar-refractivity contribution in [2.75, 3.05) is 0 Å². The fourth-order valence-electron chi connectivity index (χ4n) is 1.92. The summed E-state index contributed by atoms with van der Waals surface area (Å²) in [6.45, 7) is 6.07. The van der Waals surface area contributed by atoms with Crippen molar-refractivity contribution < 1.29 is 9.53 Å². The van der Waals surface area contributed by atoms with Gasteiger partial charge in [0.1, 0.15) is 5.75 Å². The number of carbonyl (C=O) groups is 1. The molecule has 1 amide bonds. The third kappa shape index (κ3) is 4.95. The van der Waals surface area contributed by atoms with E-state index < -0.39 is 0 Å². The first-order chi connectivity index (χ1) is 11.1. The quantitative estimate of drug-likeness (QED) is 0.649. The molecule has 0 saturated heterocycles. The Balaban J connectivity index is 2.03. The van der Waals surface area contributed by atoms with Crippen LogP contribution in [0.4, 0.5) is 0 Å². The minimum atomic E-state index is -0.235. The van der Waals surface area contributed by atoms with Gasteiger partial charge in [-0.1, -0.05) is 36.8 Å². The molecule has 0 fully saturated rings. The van der Waals surface area contributed by atoms with E-state index >= 15 is 0 Å². The molecule has 2 rings (SSSR count). The number of amides is 1. The van der Waals surface area contributed by atoms with Gasteiger partial charge in [0.2, 0.25) is 0 Å². The summed E-state index contributed by atoms with van der Waals surface area (Å²) in [6, 6.07) is 15.0. The van der Waals surface area contributed by atoms with Crippen molar-refractivity contribution in [3.63, 3.8) is 0 Å². The average molecular weight is 310 g/mol. The van der Waals surface area contributed by atoms with Gasteiger partial charge in [0, 0.05) is 11.1 Å². The van der Waals surface area contributed by atoms with E-state index in [1.807, 2.05) is 50.2 Å². The molecule has 0 bridgehead atoms. The smallest absolute Gasteiger partial charge is 0.271 e. The number of para-hydroxylation sites is 1. The summed E-state index contributed by atoms with van der Waals surface area (Å²) < 4.78 is 5.85. The molecule has 0 aliphatic carbocycles. The predicted octanol–water partition coefficient (Wildman–Crippen LogP) is 3.94. The molecule has 4 nitrogen and oxygen atoms in total. The fourth-order valence-corrected chi connectivity index (χ4v) is 1.92. The van der Waals surface area contributed by atoms with Crippen LogP contribution in [0.25, 0.3) is 0 Å². The summed E-state index contributed by atoms with van der Waals surface area (Å²) in [4.78, 5) is 12.0. The van der Waals surface area contributed by atoms with Crippen molar-refractivity contribution in [3.05, 3.63) is 65.2 Å². The topological polar surface area (TPSA) is 50.7 Å². The fraction of sp³-hybridized carbons (Fsp3) is 0.263. The standard InChI is InChI=1S/C19H22N2O2/c1-4-15(3)23-18-8-6-5-7-17(18)13-20-21-19(22)16-11-9-14(2)10-12-16/h5-13,15H,4H2,1-3H3,(H,21,22)/b20-13-/t15-/m0/s1. The van der Waals surface area contributed by atoms with Crippen molar-refractivity contribution in [2.45, 2.75) is 33.3 Å². The molecule has 0 aliphatic rings. The molecule has 23 heavy (non-hydrogen) atoms. The van der Waals surface area contributed by atoms with Gasteiger partial charge in [-0.15, -0.1) is 0 Å². The number of ether oxygens (including phenoxy) is 1. The highest BCUT2D eigenvalue weighted by Crippen LogP contribution is 2.18. The first kappa shape index (κ1) is 16.7. The van der Waals surface area contributed by atoms with Gasteiger partial charge in [-0.3, -0.25) is 4.79 Å². The van der Waals surface area contributed by atoms with Crippen LogP contribution < -0.4 is 10.2 Å². The Morgan fingerprint density at radius 2 is 1.91 bits per heavy atom. The number of rotatable bonds is 6.